The third kappa shape index (κ3) is 5.19. The molecule has 140 valence electrons. The normalized spacial score (nSPS) is 12.0. The largest absolute Gasteiger partial charge is 0.747 e. The van der Waals surface area contributed by atoms with Gasteiger partial charge in [-0.25, -0.2) is 9.51 Å². The van der Waals surface area contributed by atoms with Crippen molar-refractivity contribution in [3.63, 3.8) is 0 Å². The van der Waals surface area contributed by atoms with E-state index in [1.165, 1.54) is 36.4 Å². The van der Waals surface area contributed by atoms with E-state index < -0.39 is 14.6 Å². The van der Waals surface area contributed by atoms with Crippen molar-refractivity contribution in [1.29, 1.82) is 0 Å². The fourth-order valence-corrected chi connectivity index (χ4v) is 2.81. The van der Waals surface area contributed by atoms with Crippen LogP contribution in [0.5, 0.6) is 11.5 Å². The van der Waals surface area contributed by atoms with Crippen molar-refractivity contribution in [2.24, 2.45) is 0 Å². The van der Waals surface area contributed by atoms with Crippen molar-refractivity contribution in [2.75, 3.05) is 5.32 Å². The molecule has 0 amide bonds. The average Bonchev–Trinajstić information content (AvgIpc) is 2.55. The number of aromatic nitrogens is 1. The van der Waals surface area contributed by atoms with E-state index in [4.69, 9.17) is 21.0 Å². The van der Waals surface area contributed by atoms with Gasteiger partial charge < -0.3 is 10.1 Å². The first kappa shape index (κ1) is 19.2. The fraction of sp³-hybridized carbons (Fsp3) is 0.0625. The summed E-state index contributed by atoms with van der Waals surface area (Å²) in [6.07, 6.45) is -4.75. The summed E-state index contributed by atoms with van der Waals surface area (Å²) >= 11 is 6.13. The summed E-state index contributed by atoms with van der Waals surface area (Å²) in [7, 11) is -2.82. The standard InChI is InChI=1S/C16H9ClF3N2O4P/c17-13-8-12(26-27(23)24)7-9-1-6-14(22-15(9)13)21-10-2-4-11(5-3-10)25-16(18,19)20/h1-8H,(H-,21,22,23,24)/p+1. The molecule has 1 unspecified atom stereocenters. The number of nitrogens with one attached hydrogen (secondary N) is 1. The first-order valence-electron chi connectivity index (χ1n) is 7.27. The van der Waals surface area contributed by atoms with Crippen LogP contribution in [0.4, 0.5) is 24.7 Å². The second kappa shape index (κ2) is 7.56. The van der Waals surface area contributed by atoms with E-state index in [0.29, 0.717) is 22.4 Å². The molecule has 0 aliphatic rings. The van der Waals surface area contributed by atoms with E-state index in [0.717, 1.165) is 0 Å². The molecule has 27 heavy (non-hydrogen) atoms. The summed E-state index contributed by atoms with van der Waals surface area (Å²) < 4.78 is 55.8. The van der Waals surface area contributed by atoms with Gasteiger partial charge in [0.15, 0.2) is 5.75 Å². The molecule has 1 atom stereocenters. The Bertz CT molecular complexity index is 999. The van der Waals surface area contributed by atoms with E-state index >= 15 is 0 Å². The van der Waals surface area contributed by atoms with Crippen molar-refractivity contribution in [2.45, 2.75) is 6.36 Å². The molecule has 0 saturated heterocycles. The number of hydrogen-bond acceptors (Lipinski definition) is 5. The maximum Gasteiger partial charge on any atom is 0.747 e. The maximum atomic E-state index is 12.2. The summed E-state index contributed by atoms with van der Waals surface area (Å²) in [5, 5.41) is 3.72. The monoisotopic (exact) mass is 417 g/mol. The lowest BCUT2D eigenvalue weighted by Crippen LogP contribution is -2.16. The first-order valence-corrected chi connectivity index (χ1v) is 8.78. The molecule has 0 fully saturated rings. The SMILES string of the molecule is O=[P+](O)Oc1cc(Cl)c2nc(Nc3ccc(OC(F)(F)F)cc3)ccc2c1. The minimum Gasteiger partial charge on any atom is -0.406 e. The smallest absolute Gasteiger partial charge is 0.406 e. The number of benzene rings is 2. The molecule has 1 heterocycles. The Morgan fingerprint density at radius 3 is 2.41 bits per heavy atom. The van der Waals surface area contributed by atoms with E-state index in [1.807, 2.05) is 0 Å². The maximum absolute atomic E-state index is 12.2. The van der Waals surface area contributed by atoms with Gasteiger partial charge in [0, 0.05) is 21.7 Å². The number of nitrogens with zero attached hydrogens (tertiary/aromatic N) is 1. The number of halogens is 4. The predicted molar refractivity (Wildman–Crippen MR) is 93.6 cm³/mol. The quantitative estimate of drug-likeness (QED) is 0.529. The summed E-state index contributed by atoms with van der Waals surface area (Å²) in [6.45, 7) is 0. The van der Waals surface area contributed by atoms with E-state index in [2.05, 4.69) is 15.0 Å². The highest BCUT2D eigenvalue weighted by Crippen LogP contribution is 2.33. The minimum absolute atomic E-state index is 0.124. The van der Waals surface area contributed by atoms with Crippen molar-refractivity contribution < 1.29 is 31.9 Å². The predicted octanol–water partition coefficient (Wildman–Crippen LogP) is 5.56. The van der Waals surface area contributed by atoms with Gasteiger partial charge in [0.05, 0.1) is 10.5 Å². The van der Waals surface area contributed by atoms with Crippen LogP contribution in [0.3, 0.4) is 0 Å². The number of ether oxygens (including phenoxy) is 1. The van der Waals surface area contributed by atoms with Crippen LogP contribution in [0, 0.1) is 0 Å². The molecule has 3 rings (SSSR count). The Morgan fingerprint density at radius 2 is 1.78 bits per heavy atom. The van der Waals surface area contributed by atoms with Gasteiger partial charge in [0.2, 0.25) is 0 Å². The number of fused-ring (bicyclic) bond motifs is 1. The second-order valence-corrected chi connectivity index (χ2v) is 6.27. The fourth-order valence-electron chi connectivity index (χ4n) is 2.27. The number of alkyl halides is 3. The van der Waals surface area contributed by atoms with Crippen LogP contribution in [0.2, 0.25) is 5.02 Å². The third-order valence-corrected chi connectivity index (χ3v) is 3.92. The Kier molecular flexibility index (Phi) is 5.36. The Morgan fingerprint density at radius 1 is 1.07 bits per heavy atom. The van der Waals surface area contributed by atoms with Gasteiger partial charge in [-0.3, -0.25) is 0 Å². The van der Waals surface area contributed by atoms with Gasteiger partial charge in [-0.1, -0.05) is 11.6 Å². The molecule has 0 radical (unpaired) electrons. The zero-order valence-corrected chi connectivity index (χ0v) is 14.8. The van der Waals surface area contributed by atoms with Gasteiger partial charge in [-0.15, -0.1) is 18.1 Å². The van der Waals surface area contributed by atoms with Crippen LogP contribution in [0.1, 0.15) is 0 Å². The molecular weight excluding hydrogens is 408 g/mol. The van der Waals surface area contributed by atoms with Crippen LogP contribution in [0.15, 0.2) is 48.5 Å². The molecule has 1 aromatic heterocycles. The highest BCUT2D eigenvalue weighted by Gasteiger charge is 2.30. The lowest BCUT2D eigenvalue weighted by atomic mass is 10.2. The Balaban J connectivity index is 1.81. The van der Waals surface area contributed by atoms with Crippen LogP contribution in [-0.4, -0.2) is 16.2 Å². The van der Waals surface area contributed by atoms with Crippen LogP contribution in [0.25, 0.3) is 10.9 Å². The molecule has 6 nitrogen and oxygen atoms in total. The van der Waals surface area contributed by atoms with Gasteiger partial charge in [0.25, 0.3) is 0 Å². The molecular formula is C16H10ClF3N2O4P+. The minimum atomic E-state index is -4.75. The third-order valence-electron chi connectivity index (χ3n) is 3.26. The summed E-state index contributed by atoms with van der Waals surface area (Å²) in [5.41, 5.74) is 0.906. The molecule has 0 aliphatic carbocycles. The van der Waals surface area contributed by atoms with Crippen LogP contribution < -0.4 is 14.6 Å². The molecule has 0 bridgehead atoms. The Labute approximate surface area is 156 Å². The Hall–Kier alpha value is -2.61. The number of anilines is 2. The van der Waals surface area contributed by atoms with Crippen molar-refractivity contribution in [1.82, 2.24) is 4.98 Å². The number of pyridine rings is 1. The van der Waals surface area contributed by atoms with Gasteiger partial charge >= 0.3 is 14.6 Å². The summed E-state index contributed by atoms with van der Waals surface area (Å²) in [6, 6.07) is 11.3. The molecule has 0 spiro atoms. The topological polar surface area (TPSA) is 80.7 Å². The van der Waals surface area contributed by atoms with E-state index in [-0.39, 0.29) is 16.5 Å². The van der Waals surface area contributed by atoms with Crippen LogP contribution in [-0.2, 0) is 4.57 Å². The zero-order valence-electron chi connectivity index (χ0n) is 13.2. The van der Waals surface area contributed by atoms with Crippen molar-refractivity contribution >= 4 is 42.3 Å². The van der Waals surface area contributed by atoms with Gasteiger partial charge in [-0.2, -0.15) is 0 Å². The highest BCUT2D eigenvalue weighted by molar-refractivity contribution is 7.32. The average molecular weight is 418 g/mol. The highest BCUT2D eigenvalue weighted by atomic mass is 35.5. The van der Waals surface area contributed by atoms with Gasteiger partial charge in [0.1, 0.15) is 11.6 Å². The summed E-state index contributed by atoms with van der Waals surface area (Å²) in [5.74, 6) is 0.187. The zero-order chi connectivity index (χ0) is 19.6. The summed E-state index contributed by atoms with van der Waals surface area (Å²) in [4.78, 5) is 13.1. The number of hydrogen-bond donors (Lipinski definition) is 2. The lowest BCUT2D eigenvalue weighted by Gasteiger charge is -2.10. The van der Waals surface area contributed by atoms with Gasteiger partial charge in [-0.05, 0) is 42.5 Å². The molecule has 0 aliphatic heterocycles. The van der Waals surface area contributed by atoms with Crippen LogP contribution >= 0.6 is 19.9 Å². The molecule has 2 aromatic carbocycles. The lowest BCUT2D eigenvalue weighted by molar-refractivity contribution is -0.274. The van der Waals surface area contributed by atoms with Crippen molar-refractivity contribution in [3.05, 3.63) is 53.6 Å². The number of rotatable bonds is 5. The molecule has 11 heteroatoms. The van der Waals surface area contributed by atoms with Crippen molar-refractivity contribution in [3.8, 4) is 11.5 Å². The molecule has 0 saturated carbocycles. The molecule has 2 N–H and O–H groups in total. The van der Waals surface area contributed by atoms with E-state index in [1.54, 1.807) is 12.1 Å². The molecule has 3 aromatic rings. The van der Waals surface area contributed by atoms with E-state index in [9.17, 15) is 17.7 Å². The first-order chi connectivity index (χ1) is 12.7. The second-order valence-electron chi connectivity index (χ2n) is 5.20.